The summed E-state index contributed by atoms with van der Waals surface area (Å²) in [7, 11) is 0. The second-order valence-electron chi connectivity index (χ2n) is 15.7. The molecule has 3 heteroatoms. The van der Waals surface area contributed by atoms with Crippen LogP contribution in [0.2, 0.25) is 0 Å². The fraction of sp³-hybridized carbons (Fsp3) is 0. The highest BCUT2D eigenvalue weighted by atomic mass is 15.1. The quantitative estimate of drug-likeness (QED) is 0.126. The summed E-state index contributed by atoms with van der Waals surface area (Å²) >= 11 is 0. The van der Waals surface area contributed by atoms with Crippen LogP contribution in [0, 0.1) is 0 Å². The number of aromatic nitrogens is 2. The Balaban J connectivity index is 1.03. The van der Waals surface area contributed by atoms with Crippen molar-refractivity contribution in [2.75, 3.05) is 4.90 Å². The van der Waals surface area contributed by atoms with Gasteiger partial charge >= 0.3 is 0 Å². The first-order chi connectivity index (χ1) is 29.3. The van der Waals surface area contributed by atoms with Crippen LogP contribution in [0.3, 0.4) is 0 Å². The molecular formula is C56H35N3. The van der Waals surface area contributed by atoms with E-state index in [1.165, 1.54) is 86.7 Å². The van der Waals surface area contributed by atoms with Gasteiger partial charge in [-0.2, -0.15) is 0 Å². The molecule has 0 aliphatic heterocycles. The van der Waals surface area contributed by atoms with Crippen molar-refractivity contribution < 1.29 is 0 Å². The molecule has 2 aromatic heterocycles. The molecule has 3 nitrogen and oxygen atoms in total. The monoisotopic (exact) mass is 749 g/mol. The van der Waals surface area contributed by atoms with E-state index < -0.39 is 0 Å². The van der Waals surface area contributed by atoms with E-state index in [-0.39, 0.29) is 0 Å². The Hall–Kier alpha value is -7.88. The maximum atomic E-state index is 2.44. The molecular weight excluding hydrogens is 715 g/mol. The number of rotatable bonds is 5. The minimum absolute atomic E-state index is 1.10. The van der Waals surface area contributed by atoms with Gasteiger partial charge in [-0.05, 0) is 117 Å². The molecule has 0 amide bonds. The number of para-hydroxylation sites is 4. The number of hydrogen-bond acceptors (Lipinski definition) is 1. The fourth-order valence-electron chi connectivity index (χ4n) is 10.2. The fourth-order valence-corrected chi connectivity index (χ4v) is 10.2. The molecule has 13 aromatic rings. The molecule has 0 aliphatic rings. The highest BCUT2D eigenvalue weighted by molar-refractivity contribution is 6.34. The number of nitrogens with zero attached hydrogens (tertiary/aromatic N) is 3. The highest BCUT2D eigenvalue weighted by Gasteiger charge is 2.21. The normalized spacial score (nSPS) is 12.1. The van der Waals surface area contributed by atoms with Crippen LogP contribution < -0.4 is 4.90 Å². The molecule has 0 unspecified atom stereocenters. The van der Waals surface area contributed by atoms with Crippen molar-refractivity contribution in [2.45, 2.75) is 0 Å². The van der Waals surface area contributed by atoms with Crippen LogP contribution in [0.15, 0.2) is 212 Å². The Morgan fingerprint density at radius 2 is 0.610 bits per heavy atom. The standard InChI is InChI=1S/C56H35N3/c1-5-22-50-41(14-1)42-15-2-6-23-51(42)58(50)39-30-26-37(27-31-39)57(38-28-32-40(33-29-38)59-52-24-7-3-16-43(52)44-17-4-8-25-53(44)59)54-35-34-48-46-19-10-13-36-12-9-18-45(55(36)46)47-20-11-21-49(54)56(47)48/h1-35H. The molecule has 59 heavy (non-hydrogen) atoms. The van der Waals surface area contributed by atoms with Crippen molar-refractivity contribution >= 4 is 104 Å². The predicted octanol–water partition coefficient (Wildman–Crippen LogP) is 15.4. The Morgan fingerprint density at radius 3 is 1.07 bits per heavy atom. The maximum absolute atomic E-state index is 2.44. The van der Waals surface area contributed by atoms with Gasteiger partial charge in [0.05, 0.1) is 27.8 Å². The maximum Gasteiger partial charge on any atom is 0.0541 e. The summed E-state index contributed by atoms with van der Waals surface area (Å²) in [6.45, 7) is 0. The molecule has 0 bridgehead atoms. The van der Waals surface area contributed by atoms with Crippen molar-refractivity contribution in [3.8, 4) is 11.4 Å². The summed E-state index contributed by atoms with van der Waals surface area (Å²) in [6, 6.07) is 78.0. The van der Waals surface area contributed by atoms with Crippen LogP contribution >= 0.6 is 0 Å². The number of hydrogen-bond donors (Lipinski definition) is 0. The van der Waals surface area contributed by atoms with Gasteiger partial charge in [-0.15, -0.1) is 0 Å². The van der Waals surface area contributed by atoms with Gasteiger partial charge in [0.25, 0.3) is 0 Å². The zero-order valence-electron chi connectivity index (χ0n) is 32.0. The van der Waals surface area contributed by atoms with Gasteiger partial charge in [0.15, 0.2) is 0 Å². The molecule has 0 atom stereocenters. The second-order valence-corrected chi connectivity index (χ2v) is 15.7. The summed E-state index contributed by atoms with van der Waals surface area (Å²) in [4.78, 5) is 2.44. The summed E-state index contributed by atoms with van der Waals surface area (Å²) in [6.07, 6.45) is 0. The van der Waals surface area contributed by atoms with Crippen molar-refractivity contribution in [3.05, 3.63) is 212 Å². The lowest BCUT2D eigenvalue weighted by Crippen LogP contribution is -2.11. The first-order valence-corrected chi connectivity index (χ1v) is 20.4. The van der Waals surface area contributed by atoms with E-state index in [0.29, 0.717) is 0 Å². The van der Waals surface area contributed by atoms with Crippen molar-refractivity contribution in [2.24, 2.45) is 0 Å². The van der Waals surface area contributed by atoms with Gasteiger partial charge in [-0.25, -0.2) is 0 Å². The molecule has 2 heterocycles. The van der Waals surface area contributed by atoms with Crippen LogP contribution in [0.5, 0.6) is 0 Å². The molecule has 0 N–H and O–H groups in total. The third kappa shape index (κ3) is 4.58. The summed E-state index contributed by atoms with van der Waals surface area (Å²) in [5, 5.41) is 15.3. The Bertz CT molecular complexity index is 3460. The Labute approximate surface area is 340 Å². The minimum atomic E-state index is 1.10. The molecule has 0 spiro atoms. The molecule has 11 aromatic carbocycles. The van der Waals surface area contributed by atoms with Gasteiger partial charge in [0.2, 0.25) is 0 Å². The Kier molecular flexibility index (Phi) is 6.72. The van der Waals surface area contributed by atoms with E-state index in [2.05, 4.69) is 226 Å². The summed E-state index contributed by atoms with van der Waals surface area (Å²) in [5.74, 6) is 0. The summed E-state index contributed by atoms with van der Waals surface area (Å²) in [5.41, 5.74) is 10.4. The van der Waals surface area contributed by atoms with Crippen molar-refractivity contribution in [1.29, 1.82) is 0 Å². The van der Waals surface area contributed by atoms with Crippen LogP contribution in [-0.2, 0) is 0 Å². The number of fused-ring (bicyclic) bond motifs is 8. The van der Waals surface area contributed by atoms with Crippen LogP contribution in [-0.4, -0.2) is 9.13 Å². The zero-order valence-corrected chi connectivity index (χ0v) is 32.0. The van der Waals surface area contributed by atoms with Gasteiger partial charge in [-0.1, -0.05) is 133 Å². The highest BCUT2D eigenvalue weighted by Crippen LogP contribution is 2.46. The average Bonchev–Trinajstić information content (AvgIpc) is 3.82. The van der Waals surface area contributed by atoms with E-state index in [9.17, 15) is 0 Å². The minimum Gasteiger partial charge on any atom is -0.310 e. The third-order valence-electron chi connectivity index (χ3n) is 12.6. The first-order valence-electron chi connectivity index (χ1n) is 20.4. The van der Waals surface area contributed by atoms with Crippen LogP contribution in [0.25, 0.3) is 98.1 Å². The van der Waals surface area contributed by atoms with Crippen molar-refractivity contribution in [1.82, 2.24) is 9.13 Å². The molecule has 0 saturated carbocycles. The SMILES string of the molecule is c1cc2cccc3c4ccc(N(c5ccc(-n6c7ccccc7c7ccccc76)cc5)c5ccc(-n6c7ccccc7c7ccccc76)cc5)c5cccc(c(c1)c23)c54. The van der Waals surface area contributed by atoms with Gasteiger partial charge in [-0.3, -0.25) is 0 Å². The van der Waals surface area contributed by atoms with E-state index in [1.807, 2.05) is 0 Å². The van der Waals surface area contributed by atoms with Gasteiger partial charge in [0, 0.05) is 49.7 Å². The molecule has 0 saturated heterocycles. The molecule has 0 fully saturated rings. The van der Waals surface area contributed by atoms with Gasteiger partial charge in [0.1, 0.15) is 0 Å². The second kappa shape index (κ2) is 12.3. The first kappa shape index (κ1) is 32.2. The zero-order chi connectivity index (χ0) is 38.6. The summed E-state index contributed by atoms with van der Waals surface area (Å²) < 4.78 is 4.78. The number of benzene rings is 11. The van der Waals surface area contributed by atoms with E-state index in [0.717, 1.165) is 28.4 Å². The largest absolute Gasteiger partial charge is 0.310 e. The topological polar surface area (TPSA) is 13.1 Å². The smallest absolute Gasteiger partial charge is 0.0541 e. The lowest BCUT2D eigenvalue weighted by atomic mass is 9.89. The Morgan fingerprint density at radius 1 is 0.254 bits per heavy atom. The predicted molar refractivity (Wildman–Crippen MR) is 251 cm³/mol. The van der Waals surface area contributed by atoms with Crippen LogP contribution in [0.4, 0.5) is 17.1 Å². The number of anilines is 3. The van der Waals surface area contributed by atoms with Gasteiger partial charge < -0.3 is 14.0 Å². The lowest BCUT2D eigenvalue weighted by molar-refractivity contribution is 1.17. The van der Waals surface area contributed by atoms with E-state index in [1.54, 1.807) is 0 Å². The average molecular weight is 750 g/mol. The van der Waals surface area contributed by atoms with E-state index >= 15 is 0 Å². The lowest BCUT2D eigenvalue weighted by Gasteiger charge is -2.28. The third-order valence-corrected chi connectivity index (χ3v) is 12.6. The van der Waals surface area contributed by atoms with Crippen molar-refractivity contribution in [3.63, 3.8) is 0 Å². The van der Waals surface area contributed by atoms with E-state index in [4.69, 9.17) is 0 Å². The molecule has 274 valence electrons. The molecule has 0 aliphatic carbocycles. The van der Waals surface area contributed by atoms with Crippen LogP contribution in [0.1, 0.15) is 0 Å². The molecule has 13 rings (SSSR count). The molecule has 0 radical (unpaired) electrons.